The Morgan fingerprint density at radius 1 is 1.57 bits per heavy atom. The lowest BCUT2D eigenvalue weighted by Gasteiger charge is -2.16. The molecule has 3 aromatic rings. The first-order chi connectivity index (χ1) is 11.0. The average molecular weight is 349 g/mol. The number of likely N-dealkylation sites (N-methyl/N-ethyl adjacent to an activating group) is 1. The van der Waals surface area contributed by atoms with E-state index in [9.17, 15) is 4.79 Å². The number of carbonyl (C=O) groups is 1. The zero-order valence-electron chi connectivity index (χ0n) is 12.6. The molecule has 0 unspecified atom stereocenters. The summed E-state index contributed by atoms with van der Waals surface area (Å²) in [5.74, 6) is 1.31. The smallest absolute Gasteiger partial charge is 0.242 e. The van der Waals surface area contributed by atoms with Gasteiger partial charge in [-0.3, -0.25) is 14.5 Å². The normalized spacial score (nSPS) is 10.9. The molecule has 23 heavy (non-hydrogen) atoms. The summed E-state index contributed by atoms with van der Waals surface area (Å²) < 4.78 is 7.14. The largest absolute Gasteiger partial charge is 0.361 e. The molecule has 0 aliphatic carbocycles. The molecule has 3 heterocycles. The van der Waals surface area contributed by atoms with Crippen molar-refractivity contribution in [2.75, 3.05) is 7.05 Å². The number of nitrogens with zero attached hydrogens (tertiary/aromatic N) is 4. The molecule has 0 saturated heterocycles. The number of hydrogen-bond acceptors (Lipinski definition) is 6. The minimum Gasteiger partial charge on any atom is -0.361 e. The third-order valence-corrected chi connectivity index (χ3v) is 4.47. The van der Waals surface area contributed by atoms with Gasteiger partial charge in [-0.2, -0.15) is 5.10 Å². The Morgan fingerprint density at radius 2 is 2.39 bits per heavy atom. The van der Waals surface area contributed by atoms with E-state index in [0.29, 0.717) is 22.8 Å². The second kappa shape index (κ2) is 6.47. The molecule has 120 valence electrons. The van der Waals surface area contributed by atoms with Crippen LogP contribution in [-0.2, 0) is 17.9 Å². The van der Waals surface area contributed by atoms with Crippen molar-refractivity contribution < 1.29 is 9.32 Å². The predicted molar refractivity (Wildman–Crippen MR) is 88.4 cm³/mol. The van der Waals surface area contributed by atoms with Crippen LogP contribution >= 0.6 is 23.6 Å². The first-order valence-corrected chi connectivity index (χ1v) is 8.18. The summed E-state index contributed by atoms with van der Waals surface area (Å²) in [6, 6.07) is 5.69. The van der Waals surface area contributed by atoms with E-state index in [0.717, 1.165) is 10.6 Å². The van der Waals surface area contributed by atoms with Gasteiger partial charge in [0.1, 0.15) is 18.0 Å². The van der Waals surface area contributed by atoms with Crippen LogP contribution in [0.15, 0.2) is 28.1 Å². The lowest BCUT2D eigenvalue weighted by Crippen LogP contribution is -2.30. The maximum Gasteiger partial charge on any atom is 0.242 e. The summed E-state index contributed by atoms with van der Waals surface area (Å²) in [5.41, 5.74) is 0.715. The van der Waals surface area contributed by atoms with Gasteiger partial charge in [-0.25, -0.2) is 0 Å². The number of carbonyl (C=O) groups excluding carboxylic acids is 1. The number of thiophene rings is 1. The van der Waals surface area contributed by atoms with Gasteiger partial charge >= 0.3 is 0 Å². The Bertz CT molecular complexity index is 862. The Balaban J connectivity index is 1.75. The summed E-state index contributed by atoms with van der Waals surface area (Å²) in [7, 11) is 1.72. The molecule has 0 bridgehead atoms. The second-order valence-corrected chi connectivity index (χ2v) is 6.43. The Hall–Kier alpha value is -2.26. The van der Waals surface area contributed by atoms with Crippen LogP contribution in [0, 0.1) is 11.7 Å². The highest BCUT2D eigenvalue weighted by atomic mass is 32.1. The molecule has 0 radical (unpaired) electrons. The molecule has 3 aromatic heterocycles. The SMILES string of the molecule is Cc1cc(CN(C)C(=O)Cn2c(-c3cccs3)n[nH]c2=S)no1. The number of aryl methyl sites for hydroxylation is 1. The Labute approximate surface area is 141 Å². The molecule has 0 spiro atoms. The highest BCUT2D eigenvalue weighted by molar-refractivity contribution is 7.71. The van der Waals surface area contributed by atoms with Crippen LogP contribution in [-0.4, -0.2) is 37.8 Å². The fourth-order valence-corrected chi connectivity index (χ4v) is 3.06. The van der Waals surface area contributed by atoms with E-state index in [1.54, 1.807) is 27.9 Å². The first-order valence-electron chi connectivity index (χ1n) is 6.90. The topological polar surface area (TPSA) is 80.0 Å². The lowest BCUT2D eigenvalue weighted by molar-refractivity contribution is -0.131. The number of hydrogen-bond donors (Lipinski definition) is 1. The molecule has 7 nitrogen and oxygen atoms in total. The van der Waals surface area contributed by atoms with Crippen LogP contribution in [0.2, 0.25) is 0 Å². The van der Waals surface area contributed by atoms with E-state index >= 15 is 0 Å². The highest BCUT2D eigenvalue weighted by Crippen LogP contribution is 2.22. The van der Waals surface area contributed by atoms with E-state index < -0.39 is 0 Å². The van der Waals surface area contributed by atoms with Crippen LogP contribution in [0.3, 0.4) is 0 Å². The van der Waals surface area contributed by atoms with Gasteiger partial charge in [0, 0.05) is 13.1 Å². The monoisotopic (exact) mass is 349 g/mol. The first kappa shape index (κ1) is 15.6. The predicted octanol–water partition coefficient (Wildman–Crippen LogP) is 2.62. The van der Waals surface area contributed by atoms with Crippen molar-refractivity contribution in [3.8, 4) is 10.7 Å². The van der Waals surface area contributed by atoms with Gasteiger partial charge in [-0.15, -0.1) is 11.3 Å². The molecule has 0 aromatic carbocycles. The van der Waals surface area contributed by atoms with Gasteiger partial charge in [-0.05, 0) is 30.6 Å². The van der Waals surface area contributed by atoms with Crippen molar-refractivity contribution in [3.63, 3.8) is 0 Å². The van der Waals surface area contributed by atoms with Crippen LogP contribution in [0.5, 0.6) is 0 Å². The summed E-state index contributed by atoms with van der Waals surface area (Å²) in [4.78, 5) is 15.0. The Morgan fingerprint density at radius 3 is 3.04 bits per heavy atom. The molecule has 1 amide bonds. The summed E-state index contributed by atoms with van der Waals surface area (Å²) in [5, 5.41) is 12.8. The van der Waals surface area contributed by atoms with Crippen molar-refractivity contribution in [3.05, 3.63) is 39.8 Å². The number of H-pyrrole nitrogens is 1. The van der Waals surface area contributed by atoms with Gasteiger partial charge in [0.25, 0.3) is 0 Å². The molecule has 9 heteroatoms. The van der Waals surface area contributed by atoms with Gasteiger partial charge in [0.2, 0.25) is 5.91 Å². The zero-order chi connectivity index (χ0) is 16.4. The van der Waals surface area contributed by atoms with Crippen molar-refractivity contribution in [1.29, 1.82) is 0 Å². The third kappa shape index (κ3) is 3.40. The van der Waals surface area contributed by atoms with Crippen molar-refractivity contribution in [1.82, 2.24) is 24.8 Å². The van der Waals surface area contributed by atoms with Crippen molar-refractivity contribution in [2.24, 2.45) is 0 Å². The number of nitrogens with one attached hydrogen (secondary N) is 1. The number of aromatic amines is 1. The van der Waals surface area contributed by atoms with Crippen molar-refractivity contribution in [2.45, 2.75) is 20.0 Å². The fourth-order valence-electron chi connectivity index (χ4n) is 2.14. The van der Waals surface area contributed by atoms with Gasteiger partial charge in [0.05, 0.1) is 11.4 Å². The second-order valence-electron chi connectivity index (χ2n) is 5.09. The number of aromatic nitrogens is 4. The maximum atomic E-state index is 12.5. The summed E-state index contributed by atoms with van der Waals surface area (Å²) >= 11 is 6.78. The van der Waals surface area contributed by atoms with Crippen LogP contribution < -0.4 is 0 Å². The molecule has 0 saturated carbocycles. The van der Waals surface area contributed by atoms with Gasteiger partial charge < -0.3 is 9.42 Å². The van der Waals surface area contributed by atoms with Gasteiger partial charge in [0.15, 0.2) is 10.6 Å². The fraction of sp³-hybridized carbons (Fsp3) is 0.286. The van der Waals surface area contributed by atoms with E-state index in [2.05, 4.69) is 15.4 Å². The molecule has 0 aliphatic heterocycles. The molecular formula is C14H15N5O2S2. The van der Waals surface area contributed by atoms with Crippen LogP contribution in [0.1, 0.15) is 11.5 Å². The molecule has 1 N–H and O–H groups in total. The zero-order valence-corrected chi connectivity index (χ0v) is 14.3. The standard InChI is InChI=1S/C14H15N5O2S2/c1-9-6-10(17-21-9)7-18(2)12(20)8-19-13(15-16-14(19)22)11-4-3-5-23-11/h3-6H,7-8H2,1-2H3,(H,16,22). The van der Waals surface area contributed by atoms with E-state index in [-0.39, 0.29) is 12.5 Å². The molecule has 0 aliphatic rings. The number of amides is 1. The van der Waals surface area contributed by atoms with Gasteiger partial charge in [-0.1, -0.05) is 11.2 Å². The lowest BCUT2D eigenvalue weighted by atomic mass is 10.3. The van der Waals surface area contributed by atoms with Crippen LogP contribution in [0.25, 0.3) is 10.7 Å². The van der Waals surface area contributed by atoms with Crippen molar-refractivity contribution >= 4 is 29.5 Å². The molecule has 0 fully saturated rings. The Kier molecular flexibility index (Phi) is 4.39. The summed E-state index contributed by atoms with van der Waals surface area (Å²) in [6.45, 7) is 2.32. The van der Waals surface area contributed by atoms with E-state index in [1.807, 2.05) is 30.5 Å². The van der Waals surface area contributed by atoms with E-state index in [4.69, 9.17) is 16.7 Å². The number of rotatable bonds is 5. The minimum atomic E-state index is -0.0824. The highest BCUT2D eigenvalue weighted by Gasteiger charge is 2.16. The molecule has 3 rings (SSSR count). The maximum absolute atomic E-state index is 12.5. The average Bonchev–Trinajstić information content (AvgIpc) is 3.23. The summed E-state index contributed by atoms with van der Waals surface area (Å²) in [6.07, 6.45) is 0. The third-order valence-electron chi connectivity index (χ3n) is 3.29. The van der Waals surface area contributed by atoms with Crippen LogP contribution in [0.4, 0.5) is 0 Å². The van der Waals surface area contributed by atoms with E-state index in [1.165, 1.54) is 0 Å². The molecule has 0 atom stereocenters. The quantitative estimate of drug-likeness (QED) is 0.716. The minimum absolute atomic E-state index is 0.0824. The molecular weight excluding hydrogens is 334 g/mol.